The van der Waals surface area contributed by atoms with Crippen molar-refractivity contribution in [3.63, 3.8) is 0 Å². The fourth-order valence-electron chi connectivity index (χ4n) is 5.72. The maximum atomic E-state index is 9.73. The monoisotopic (exact) mass is 565 g/mol. The molecule has 0 spiro atoms. The molecule has 9 rings (SSSR count). The van der Waals surface area contributed by atoms with Gasteiger partial charge in [0, 0.05) is 21.9 Å². The number of hydrogen-bond acceptors (Lipinski definition) is 1. The summed E-state index contributed by atoms with van der Waals surface area (Å²) in [6.07, 6.45) is 0. The van der Waals surface area contributed by atoms with E-state index in [1.807, 2.05) is 0 Å². The summed E-state index contributed by atoms with van der Waals surface area (Å²) in [5.41, 5.74) is -1.06. The van der Waals surface area contributed by atoms with E-state index >= 15 is 0 Å². The van der Waals surface area contributed by atoms with E-state index in [9.17, 15) is 2.74 Å². The van der Waals surface area contributed by atoms with E-state index in [0.29, 0.717) is 0 Å². The van der Waals surface area contributed by atoms with E-state index in [1.54, 1.807) is 0 Å². The van der Waals surface area contributed by atoms with Crippen molar-refractivity contribution in [3.05, 3.63) is 157 Å². The third kappa shape index (κ3) is 3.65. The minimum Gasteiger partial charge on any atom is -0.455 e. The predicted octanol–water partition coefficient (Wildman–Crippen LogP) is 12.0. The molecule has 0 amide bonds. The van der Waals surface area contributed by atoms with Crippen molar-refractivity contribution >= 4 is 54.3 Å². The van der Waals surface area contributed by atoms with Crippen molar-refractivity contribution in [2.45, 2.75) is 0 Å². The summed E-state index contributed by atoms with van der Waals surface area (Å²) in [5, 5.41) is -0.195. The van der Waals surface area contributed by atoms with Crippen LogP contribution in [0.3, 0.4) is 0 Å². The summed E-state index contributed by atoms with van der Waals surface area (Å²) in [7, 11) is 0. The first-order chi connectivity index (χ1) is 29.2. The Bertz CT molecular complexity index is 3510. The van der Waals surface area contributed by atoms with Gasteiger partial charge in [-0.1, -0.05) is 145 Å². The van der Waals surface area contributed by atoms with E-state index in [-0.39, 0.29) is 112 Å². The first-order valence-electron chi connectivity index (χ1n) is 22.7. The second kappa shape index (κ2) is 9.44. The highest BCUT2D eigenvalue weighted by atomic mass is 16.3. The standard InChI is InChI=1S/C42H26O/c1-2-16-30-27(12-1)13-10-22-31(30)28-14-9-15-29(26-28)40-33-18-3-5-20-35(33)41(36-21-6-4-19-34(36)40)38-24-11-23-37-32-17-7-8-25-39(32)43-42(37)38/h1-26H/i1D,2D,3D,4D,5D,6D,7D,8D,9D,10D,11D,12D,13D,14D,17D,23D,24D,25D,26D. The zero-order chi connectivity index (χ0) is 44.9. The Labute approximate surface area is 275 Å². The van der Waals surface area contributed by atoms with Crippen LogP contribution in [-0.2, 0) is 0 Å². The lowest BCUT2D eigenvalue weighted by Gasteiger charge is -2.18. The smallest absolute Gasteiger partial charge is 0.143 e. The van der Waals surface area contributed by atoms with E-state index < -0.39 is 90.6 Å². The molecule has 0 atom stereocenters. The van der Waals surface area contributed by atoms with E-state index in [1.165, 1.54) is 42.5 Å². The van der Waals surface area contributed by atoms with Crippen LogP contribution in [0.1, 0.15) is 26.0 Å². The average molecular weight is 566 g/mol. The average Bonchev–Trinajstić information content (AvgIpc) is 3.63. The fraction of sp³-hybridized carbons (Fsp3) is 0. The van der Waals surface area contributed by atoms with Gasteiger partial charge < -0.3 is 4.42 Å². The van der Waals surface area contributed by atoms with Crippen molar-refractivity contribution in [3.8, 4) is 33.4 Å². The van der Waals surface area contributed by atoms with Gasteiger partial charge in [-0.15, -0.1) is 0 Å². The molecule has 0 bridgehead atoms. The highest BCUT2D eigenvalue weighted by Crippen LogP contribution is 2.46. The lowest BCUT2D eigenvalue weighted by molar-refractivity contribution is 0.670. The molecule has 0 aliphatic carbocycles. The Hall–Kier alpha value is -5.66. The van der Waals surface area contributed by atoms with Gasteiger partial charge in [-0.05, 0) is 66.7 Å². The summed E-state index contributed by atoms with van der Waals surface area (Å²) in [4.78, 5) is 0. The van der Waals surface area contributed by atoms with Crippen molar-refractivity contribution < 1.29 is 30.5 Å². The molecule has 9 aromatic rings. The Morgan fingerprint density at radius 2 is 1.02 bits per heavy atom. The number of fused-ring (bicyclic) bond motifs is 6. The summed E-state index contributed by atoms with van der Waals surface area (Å²) in [5.74, 6) is 0. The van der Waals surface area contributed by atoms with Crippen LogP contribution in [0.2, 0.25) is 0 Å². The third-order valence-electron chi connectivity index (χ3n) is 7.54. The van der Waals surface area contributed by atoms with Crippen molar-refractivity contribution in [1.82, 2.24) is 0 Å². The molecule has 0 unspecified atom stereocenters. The first kappa shape index (κ1) is 11.9. The number of hydrogen-bond donors (Lipinski definition) is 0. The van der Waals surface area contributed by atoms with Crippen molar-refractivity contribution in [2.24, 2.45) is 0 Å². The van der Waals surface area contributed by atoms with Gasteiger partial charge in [0.1, 0.15) is 11.2 Å². The lowest BCUT2D eigenvalue weighted by atomic mass is 9.85. The van der Waals surface area contributed by atoms with Crippen LogP contribution < -0.4 is 0 Å². The van der Waals surface area contributed by atoms with Crippen molar-refractivity contribution in [1.29, 1.82) is 0 Å². The summed E-state index contributed by atoms with van der Waals surface area (Å²) >= 11 is 0. The molecule has 0 fully saturated rings. The second-order valence-electron chi connectivity index (χ2n) is 9.80. The lowest BCUT2D eigenvalue weighted by Crippen LogP contribution is -1.91. The molecule has 200 valence electrons. The van der Waals surface area contributed by atoms with Crippen molar-refractivity contribution in [2.75, 3.05) is 0 Å². The molecular formula is C42H26O. The normalized spacial score (nSPS) is 17.9. The zero-order valence-corrected chi connectivity index (χ0v) is 21.9. The van der Waals surface area contributed by atoms with Crippen LogP contribution in [0.25, 0.3) is 87.6 Å². The molecule has 1 heteroatoms. The maximum absolute atomic E-state index is 9.73. The van der Waals surface area contributed by atoms with Crippen LogP contribution in [-0.4, -0.2) is 0 Å². The zero-order valence-electron chi connectivity index (χ0n) is 40.9. The van der Waals surface area contributed by atoms with Gasteiger partial charge in [0.05, 0.1) is 26.0 Å². The number of benzene rings is 8. The molecule has 0 saturated heterocycles. The van der Waals surface area contributed by atoms with E-state index in [2.05, 4.69) is 0 Å². The Morgan fingerprint density at radius 1 is 0.395 bits per heavy atom. The van der Waals surface area contributed by atoms with Gasteiger partial charge in [-0.2, -0.15) is 0 Å². The van der Waals surface area contributed by atoms with Gasteiger partial charge in [0.25, 0.3) is 0 Å². The van der Waals surface area contributed by atoms with Gasteiger partial charge in [-0.25, -0.2) is 0 Å². The maximum Gasteiger partial charge on any atom is 0.143 e. The highest BCUT2D eigenvalue weighted by molar-refractivity contribution is 6.24. The summed E-state index contributed by atoms with van der Waals surface area (Å²) in [6, 6.07) is -0.326. The van der Waals surface area contributed by atoms with Crippen LogP contribution in [0, 0.1) is 0 Å². The predicted molar refractivity (Wildman–Crippen MR) is 183 cm³/mol. The Kier molecular flexibility index (Phi) is 2.61. The molecule has 0 saturated carbocycles. The molecular weight excluding hydrogens is 520 g/mol. The van der Waals surface area contributed by atoms with Crippen LogP contribution in [0.15, 0.2) is 162 Å². The number of rotatable bonds is 3. The Morgan fingerprint density at radius 3 is 1.84 bits per heavy atom. The molecule has 1 heterocycles. The summed E-state index contributed by atoms with van der Waals surface area (Å²) in [6.45, 7) is 0. The fourth-order valence-corrected chi connectivity index (χ4v) is 5.72. The van der Waals surface area contributed by atoms with Gasteiger partial charge in [0.2, 0.25) is 0 Å². The van der Waals surface area contributed by atoms with Gasteiger partial charge in [-0.3, -0.25) is 0 Å². The van der Waals surface area contributed by atoms with Gasteiger partial charge >= 0.3 is 0 Å². The quantitative estimate of drug-likeness (QED) is 0.194. The molecule has 0 aliphatic heterocycles. The molecule has 8 aromatic carbocycles. The van der Waals surface area contributed by atoms with Gasteiger partial charge in [0.15, 0.2) is 0 Å². The van der Waals surface area contributed by atoms with Crippen LogP contribution >= 0.6 is 0 Å². The molecule has 0 N–H and O–H groups in total. The molecule has 0 aliphatic rings. The van der Waals surface area contributed by atoms with E-state index in [4.69, 9.17) is 27.7 Å². The Balaban J connectivity index is 1.50. The largest absolute Gasteiger partial charge is 0.455 e. The molecule has 43 heavy (non-hydrogen) atoms. The topological polar surface area (TPSA) is 13.1 Å². The van der Waals surface area contributed by atoms with Crippen LogP contribution in [0.5, 0.6) is 0 Å². The molecule has 0 radical (unpaired) electrons. The number of furan rings is 1. The summed E-state index contributed by atoms with van der Waals surface area (Å²) < 4.78 is 172. The number of para-hydroxylation sites is 2. The molecule has 1 nitrogen and oxygen atoms in total. The first-order valence-corrected chi connectivity index (χ1v) is 13.2. The highest BCUT2D eigenvalue weighted by Gasteiger charge is 2.20. The molecule has 1 aromatic heterocycles. The SMILES string of the molecule is [2H]c1cc2c(-c3cc([2H])c([2H])c(-c4cc([2H])c([2H])c5c([2H])c([2H])c([2H])cc45)c3[2H])c3cc([2H])c([2H])cc3c(-c3c([2H])c([2H])c([2H])c4c3oc3c([2H])c([2H])c([2H])c([2H])c34)c2cc1[2H]. The second-order valence-corrected chi connectivity index (χ2v) is 9.80. The minimum absolute atomic E-state index is 0.0153. The minimum atomic E-state index is -0.647. The van der Waals surface area contributed by atoms with E-state index in [0.717, 1.165) is 0 Å². The van der Waals surface area contributed by atoms with Crippen LogP contribution in [0.4, 0.5) is 0 Å². The third-order valence-corrected chi connectivity index (χ3v) is 7.54.